The second kappa shape index (κ2) is 6.31. The number of hydrogen-bond donors (Lipinski definition) is 1. The fraction of sp³-hybridized carbons (Fsp3) is 0.188. The highest BCUT2D eigenvalue weighted by atomic mass is 35.5. The predicted octanol–water partition coefficient (Wildman–Crippen LogP) is 3.35. The summed E-state index contributed by atoms with van der Waals surface area (Å²) < 4.78 is 68.7. The van der Waals surface area contributed by atoms with Crippen LogP contribution in [0.15, 0.2) is 46.1 Å². The Balaban J connectivity index is 2.04. The molecule has 144 valence electrons. The van der Waals surface area contributed by atoms with Crippen molar-refractivity contribution < 1.29 is 21.6 Å². The van der Waals surface area contributed by atoms with Crippen molar-refractivity contribution in [2.75, 3.05) is 4.72 Å². The Labute approximate surface area is 156 Å². The maximum Gasteiger partial charge on any atom is 0.417 e. The van der Waals surface area contributed by atoms with E-state index in [0.717, 1.165) is 12.1 Å². The minimum Gasteiger partial charge on any atom is -0.295 e. The van der Waals surface area contributed by atoms with Crippen LogP contribution in [0.2, 0.25) is 5.02 Å². The molecule has 0 bridgehead atoms. The van der Waals surface area contributed by atoms with Gasteiger partial charge in [-0.15, -0.1) is 0 Å². The zero-order valence-electron chi connectivity index (χ0n) is 14.0. The van der Waals surface area contributed by atoms with Crippen molar-refractivity contribution in [2.24, 2.45) is 14.1 Å². The van der Waals surface area contributed by atoms with Crippen molar-refractivity contribution in [3.05, 3.63) is 57.5 Å². The predicted molar refractivity (Wildman–Crippen MR) is 95.4 cm³/mol. The molecule has 11 heteroatoms. The van der Waals surface area contributed by atoms with E-state index in [0.29, 0.717) is 17.1 Å². The summed E-state index contributed by atoms with van der Waals surface area (Å²) in [5.74, 6) is 0. The molecule has 3 aromatic rings. The fourth-order valence-electron chi connectivity index (χ4n) is 2.67. The Morgan fingerprint density at radius 1 is 1.00 bits per heavy atom. The van der Waals surface area contributed by atoms with Crippen molar-refractivity contribution in [3.63, 3.8) is 0 Å². The largest absolute Gasteiger partial charge is 0.417 e. The maximum absolute atomic E-state index is 12.9. The van der Waals surface area contributed by atoms with Gasteiger partial charge in [0.25, 0.3) is 10.0 Å². The number of alkyl halides is 3. The molecule has 0 unspecified atom stereocenters. The van der Waals surface area contributed by atoms with Crippen molar-refractivity contribution in [3.8, 4) is 0 Å². The molecule has 1 aromatic heterocycles. The third-order valence-corrected chi connectivity index (χ3v) is 5.79. The van der Waals surface area contributed by atoms with Crippen LogP contribution in [0.5, 0.6) is 0 Å². The van der Waals surface area contributed by atoms with Crippen LogP contribution < -0.4 is 10.4 Å². The van der Waals surface area contributed by atoms with Gasteiger partial charge in [0.2, 0.25) is 0 Å². The number of fused-ring (bicyclic) bond motifs is 1. The van der Waals surface area contributed by atoms with Crippen LogP contribution in [0, 0.1) is 0 Å². The molecule has 27 heavy (non-hydrogen) atoms. The Hall–Kier alpha value is -2.46. The molecular weight excluding hydrogens is 407 g/mol. The average molecular weight is 420 g/mol. The molecule has 0 amide bonds. The SMILES string of the molecule is Cn1c(=O)n(C)c2cc(S(=O)(=O)Nc3ccc(Cl)c(C(F)(F)F)c3)ccc21. The van der Waals surface area contributed by atoms with Gasteiger partial charge in [0.05, 0.1) is 26.5 Å². The molecular formula is C16H13ClF3N3O3S. The van der Waals surface area contributed by atoms with Crippen LogP contribution >= 0.6 is 11.6 Å². The second-order valence-corrected chi connectivity index (χ2v) is 7.94. The number of halogens is 4. The first-order chi connectivity index (χ1) is 12.4. The topological polar surface area (TPSA) is 73.1 Å². The average Bonchev–Trinajstić information content (AvgIpc) is 2.79. The zero-order valence-corrected chi connectivity index (χ0v) is 15.6. The van der Waals surface area contributed by atoms with E-state index in [1.54, 1.807) is 7.05 Å². The van der Waals surface area contributed by atoms with Crippen LogP contribution in [0.3, 0.4) is 0 Å². The molecule has 0 aliphatic carbocycles. The summed E-state index contributed by atoms with van der Waals surface area (Å²) in [5.41, 5.74) is -0.871. The Kier molecular flexibility index (Phi) is 4.51. The number of aromatic nitrogens is 2. The van der Waals surface area contributed by atoms with E-state index in [1.807, 2.05) is 0 Å². The molecule has 2 aromatic carbocycles. The molecule has 0 aliphatic heterocycles. The molecule has 3 rings (SSSR count). The number of nitrogens with one attached hydrogen (secondary N) is 1. The third-order valence-electron chi connectivity index (χ3n) is 4.08. The van der Waals surface area contributed by atoms with Gasteiger partial charge in [-0.1, -0.05) is 11.6 Å². The van der Waals surface area contributed by atoms with E-state index < -0.39 is 26.8 Å². The van der Waals surface area contributed by atoms with Crippen molar-refractivity contribution in [1.82, 2.24) is 9.13 Å². The lowest BCUT2D eigenvalue weighted by molar-refractivity contribution is -0.137. The number of sulfonamides is 1. The van der Waals surface area contributed by atoms with Gasteiger partial charge in [0.1, 0.15) is 0 Å². The Morgan fingerprint density at radius 2 is 1.63 bits per heavy atom. The lowest BCUT2D eigenvalue weighted by Crippen LogP contribution is -2.19. The highest BCUT2D eigenvalue weighted by molar-refractivity contribution is 7.92. The number of benzene rings is 2. The highest BCUT2D eigenvalue weighted by Gasteiger charge is 2.33. The molecule has 0 atom stereocenters. The summed E-state index contributed by atoms with van der Waals surface area (Å²) in [6.07, 6.45) is -4.72. The van der Waals surface area contributed by atoms with E-state index in [-0.39, 0.29) is 16.3 Å². The van der Waals surface area contributed by atoms with Crippen LogP contribution in [0.4, 0.5) is 18.9 Å². The zero-order chi connectivity index (χ0) is 20.1. The molecule has 0 aliphatic rings. The van der Waals surface area contributed by atoms with E-state index in [1.165, 1.54) is 34.4 Å². The van der Waals surface area contributed by atoms with Gasteiger partial charge in [0.15, 0.2) is 0 Å². The van der Waals surface area contributed by atoms with Gasteiger partial charge in [0, 0.05) is 19.8 Å². The molecule has 0 saturated carbocycles. The number of anilines is 1. The van der Waals surface area contributed by atoms with Crippen molar-refractivity contribution >= 4 is 38.3 Å². The van der Waals surface area contributed by atoms with Gasteiger partial charge in [-0.3, -0.25) is 13.9 Å². The Bertz CT molecular complexity index is 1210. The molecule has 1 heterocycles. The quantitative estimate of drug-likeness (QED) is 0.707. The van der Waals surface area contributed by atoms with Gasteiger partial charge < -0.3 is 0 Å². The van der Waals surface area contributed by atoms with Gasteiger partial charge >= 0.3 is 11.9 Å². The normalized spacial score (nSPS) is 12.5. The number of rotatable bonds is 3. The first kappa shape index (κ1) is 19.3. The molecule has 0 spiro atoms. The number of aryl methyl sites for hydroxylation is 2. The first-order valence-corrected chi connectivity index (χ1v) is 9.33. The van der Waals surface area contributed by atoms with Gasteiger partial charge in [-0.05, 0) is 36.4 Å². The molecule has 6 nitrogen and oxygen atoms in total. The monoisotopic (exact) mass is 419 g/mol. The molecule has 0 saturated heterocycles. The van der Waals surface area contributed by atoms with Crippen molar-refractivity contribution in [2.45, 2.75) is 11.1 Å². The van der Waals surface area contributed by atoms with Crippen molar-refractivity contribution in [1.29, 1.82) is 0 Å². The third kappa shape index (κ3) is 3.42. The number of hydrogen-bond acceptors (Lipinski definition) is 3. The van der Waals surface area contributed by atoms with Gasteiger partial charge in [-0.25, -0.2) is 13.2 Å². The lowest BCUT2D eigenvalue weighted by atomic mass is 10.2. The lowest BCUT2D eigenvalue weighted by Gasteiger charge is -2.13. The summed E-state index contributed by atoms with van der Waals surface area (Å²) in [6, 6.07) is 6.72. The maximum atomic E-state index is 12.9. The van der Waals surface area contributed by atoms with E-state index >= 15 is 0 Å². The van der Waals surface area contributed by atoms with E-state index in [4.69, 9.17) is 11.6 Å². The van der Waals surface area contributed by atoms with Gasteiger partial charge in [-0.2, -0.15) is 13.2 Å². The molecule has 1 N–H and O–H groups in total. The van der Waals surface area contributed by atoms with Crippen LogP contribution in [-0.4, -0.2) is 17.6 Å². The summed E-state index contributed by atoms with van der Waals surface area (Å²) >= 11 is 5.54. The standard InChI is InChI=1S/C16H13ClF3N3O3S/c1-22-13-6-4-10(8-14(13)23(2)15(22)24)27(25,26)21-9-3-5-12(17)11(7-9)16(18,19)20/h3-8,21H,1-2H3. The van der Waals surface area contributed by atoms with Crippen LogP contribution in [0.25, 0.3) is 11.0 Å². The smallest absolute Gasteiger partial charge is 0.295 e. The summed E-state index contributed by atoms with van der Waals surface area (Å²) in [7, 11) is -1.15. The summed E-state index contributed by atoms with van der Waals surface area (Å²) in [4.78, 5) is 11.8. The number of imidazole rings is 1. The molecule has 0 fully saturated rings. The highest BCUT2D eigenvalue weighted by Crippen LogP contribution is 2.36. The summed E-state index contributed by atoms with van der Waals surface area (Å²) in [6.45, 7) is 0. The first-order valence-electron chi connectivity index (χ1n) is 7.47. The summed E-state index contributed by atoms with van der Waals surface area (Å²) in [5, 5.41) is -0.536. The number of nitrogens with zero attached hydrogens (tertiary/aromatic N) is 2. The minimum atomic E-state index is -4.72. The second-order valence-electron chi connectivity index (χ2n) is 5.85. The van der Waals surface area contributed by atoms with E-state index in [9.17, 15) is 26.4 Å². The minimum absolute atomic E-state index is 0.195. The van der Waals surface area contributed by atoms with E-state index in [2.05, 4.69) is 4.72 Å². The van der Waals surface area contributed by atoms with Crippen LogP contribution in [0.1, 0.15) is 5.56 Å². The molecule has 0 radical (unpaired) electrons. The van der Waals surface area contributed by atoms with Crippen LogP contribution in [-0.2, 0) is 30.3 Å². The fourth-order valence-corrected chi connectivity index (χ4v) is 3.97. The Morgan fingerprint density at radius 3 is 2.26 bits per heavy atom.